The summed E-state index contributed by atoms with van der Waals surface area (Å²) in [6.45, 7) is 4.26. The van der Waals surface area contributed by atoms with Gasteiger partial charge in [0, 0.05) is 57.1 Å². The fourth-order valence-corrected chi connectivity index (χ4v) is 10.6. The predicted molar refractivity (Wildman–Crippen MR) is 330 cm³/mol. The van der Waals surface area contributed by atoms with Gasteiger partial charge in [-0.05, 0) is 173 Å². The second-order valence-electron chi connectivity index (χ2n) is 20.0. The Kier molecular flexibility index (Phi) is 14.1. The van der Waals surface area contributed by atoms with Gasteiger partial charge in [0.25, 0.3) is 0 Å². The van der Waals surface area contributed by atoms with E-state index >= 15 is 0 Å². The average molecular weight is 1000 g/mol. The predicted octanol–water partition coefficient (Wildman–Crippen LogP) is 20.9. The maximum atomic E-state index is 2.33. The molecule has 1 atom stereocenters. The molecule has 12 aromatic rings. The lowest BCUT2D eigenvalue weighted by Gasteiger charge is -2.26. The lowest BCUT2D eigenvalue weighted by molar-refractivity contribution is 0.978. The second-order valence-corrected chi connectivity index (χ2v) is 20.0. The quantitative estimate of drug-likeness (QED) is 0.0948. The Hall–Kier alpha value is -9.96. The van der Waals surface area contributed by atoms with E-state index in [4.69, 9.17) is 0 Å². The van der Waals surface area contributed by atoms with Crippen molar-refractivity contribution in [3.05, 3.63) is 343 Å². The van der Waals surface area contributed by atoms with Gasteiger partial charge < -0.3 is 14.7 Å². The molecular formula is C75H59N3. The molecule has 0 bridgehead atoms. The Balaban J connectivity index is 0.771. The van der Waals surface area contributed by atoms with Gasteiger partial charge in [0.15, 0.2) is 0 Å². The maximum absolute atomic E-state index is 2.33. The Labute approximate surface area is 459 Å². The van der Waals surface area contributed by atoms with Crippen molar-refractivity contribution >= 4 is 51.2 Å². The summed E-state index contributed by atoms with van der Waals surface area (Å²) in [5, 5.41) is 0. The van der Waals surface area contributed by atoms with Crippen molar-refractivity contribution < 1.29 is 0 Å². The molecule has 1 unspecified atom stereocenters. The molecule has 3 nitrogen and oxygen atoms in total. The molecule has 0 saturated carbocycles. The molecule has 0 aliphatic carbocycles. The summed E-state index contributed by atoms with van der Waals surface area (Å²) in [5.74, 6) is 0.0762. The summed E-state index contributed by atoms with van der Waals surface area (Å²) in [6.07, 6.45) is 0. The molecule has 12 aromatic carbocycles. The zero-order valence-electron chi connectivity index (χ0n) is 43.9. The number of aryl methyl sites for hydroxylation is 2. The molecule has 3 heteroatoms. The number of nitrogens with zero attached hydrogens (tertiary/aromatic N) is 3. The third-order valence-corrected chi connectivity index (χ3v) is 14.8. The van der Waals surface area contributed by atoms with E-state index in [2.05, 4.69) is 344 Å². The molecular weight excluding hydrogens is 943 g/mol. The van der Waals surface area contributed by atoms with Crippen LogP contribution in [-0.4, -0.2) is 0 Å². The van der Waals surface area contributed by atoms with Gasteiger partial charge in [0.2, 0.25) is 0 Å². The standard InChI is InChI=1S/C75H59N3/c1-55-23-43-69(44-24-55)76(66-17-9-4-10-18-66)71-47-35-59(36-48-71)57-27-31-64(32-28-57)75(63-15-7-3-8-16-63)65-33-29-58(30-34-65)60-37-49-73(50-38-60)78(68-21-13-6-14-22-68)74-53-41-62(42-54-74)61-39-51-72(52-40-61)77(67-19-11-5-12-20-67)70-45-25-56(2)26-46-70/h3-54,75H,1-2H3. The minimum absolute atomic E-state index is 0.0762. The normalized spacial score (nSPS) is 11.4. The fraction of sp³-hybridized carbons (Fsp3) is 0.0400. The van der Waals surface area contributed by atoms with Crippen molar-refractivity contribution in [3.63, 3.8) is 0 Å². The molecule has 78 heavy (non-hydrogen) atoms. The minimum atomic E-state index is 0.0762. The van der Waals surface area contributed by atoms with Gasteiger partial charge in [-0.25, -0.2) is 0 Å². The van der Waals surface area contributed by atoms with E-state index < -0.39 is 0 Å². The summed E-state index contributed by atoms with van der Waals surface area (Å²) in [6, 6.07) is 114. The van der Waals surface area contributed by atoms with Crippen LogP contribution in [0.4, 0.5) is 51.2 Å². The van der Waals surface area contributed by atoms with Gasteiger partial charge in [-0.15, -0.1) is 0 Å². The molecule has 0 aromatic heterocycles. The van der Waals surface area contributed by atoms with Crippen LogP contribution in [0.25, 0.3) is 33.4 Å². The van der Waals surface area contributed by atoms with Crippen molar-refractivity contribution in [1.82, 2.24) is 0 Å². The third-order valence-electron chi connectivity index (χ3n) is 14.8. The van der Waals surface area contributed by atoms with Crippen molar-refractivity contribution in [1.29, 1.82) is 0 Å². The van der Waals surface area contributed by atoms with E-state index in [1.165, 1.54) is 55.6 Å². The summed E-state index contributed by atoms with van der Waals surface area (Å²) < 4.78 is 0. The van der Waals surface area contributed by atoms with E-state index in [1.54, 1.807) is 0 Å². The number of para-hydroxylation sites is 3. The van der Waals surface area contributed by atoms with Crippen LogP contribution in [0.15, 0.2) is 315 Å². The summed E-state index contributed by atoms with van der Waals surface area (Å²) in [4.78, 5) is 6.95. The van der Waals surface area contributed by atoms with Gasteiger partial charge in [0.1, 0.15) is 0 Å². The van der Waals surface area contributed by atoms with Crippen molar-refractivity contribution in [2.75, 3.05) is 14.7 Å². The number of anilines is 9. The van der Waals surface area contributed by atoms with Crippen LogP contribution >= 0.6 is 0 Å². The highest BCUT2D eigenvalue weighted by Gasteiger charge is 2.19. The first-order chi connectivity index (χ1) is 38.5. The highest BCUT2D eigenvalue weighted by atomic mass is 15.2. The zero-order valence-corrected chi connectivity index (χ0v) is 43.9. The zero-order chi connectivity index (χ0) is 52.6. The third kappa shape index (κ3) is 10.6. The van der Waals surface area contributed by atoms with Crippen molar-refractivity contribution in [2.45, 2.75) is 19.8 Å². The topological polar surface area (TPSA) is 9.72 Å². The van der Waals surface area contributed by atoms with Crippen LogP contribution in [0.3, 0.4) is 0 Å². The van der Waals surface area contributed by atoms with Gasteiger partial charge in [-0.3, -0.25) is 0 Å². The molecule has 0 heterocycles. The number of hydrogen-bond acceptors (Lipinski definition) is 3. The Morgan fingerprint density at radius 3 is 0.603 bits per heavy atom. The monoisotopic (exact) mass is 1000 g/mol. The molecule has 0 N–H and O–H groups in total. The smallest absolute Gasteiger partial charge is 0.0462 e. The molecule has 0 amide bonds. The summed E-state index contributed by atoms with van der Waals surface area (Å²) in [5.41, 5.74) is 23.3. The van der Waals surface area contributed by atoms with E-state index in [-0.39, 0.29) is 5.92 Å². The second kappa shape index (κ2) is 22.5. The highest BCUT2D eigenvalue weighted by Crippen LogP contribution is 2.41. The minimum Gasteiger partial charge on any atom is -0.311 e. The van der Waals surface area contributed by atoms with E-state index in [1.807, 2.05) is 0 Å². The fourth-order valence-electron chi connectivity index (χ4n) is 10.6. The van der Waals surface area contributed by atoms with Crippen LogP contribution in [-0.2, 0) is 0 Å². The summed E-state index contributed by atoms with van der Waals surface area (Å²) >= 11 is 0. The number of rotatable bonds is 15. The Bertz CT molecular complexity index is 3570. The lowest BCUT2D eigenvalue weighted by atomic mass is 9.84. The van der Waals surface area contributed by atoms with Crippen LogP contribution in [0.5, 0.6) is 0 Å². The van der Waals surface area contributed by atoms with Gasteiger partial charge in [0.05, 0.1) is 0 Å². The van der Waals surface area contributed by atoms with E-state index in [0.717, 1.165) is 56.7 Å². The highest BCUT2D eigenvalue weighted by molar-refractivity contribution is 5.83. The van der Waals surface area contributed by atoms with Crippen LogP contribution < -0.4 is 14.7 Å². The molecule has 12 rings (SSSR count). The summed E-state index contributed by atoms with van der Waals surface area (Å²) in [7, 11) is 0. The molecule has 0 aliphatic heterocycles. The Morgan fingerprint density at radius 1 is 0.179 bits per heavy atom. The van der Waals surface area contributed by atoms with E-state index in [0.29, 0.717) is 0 Å². The number of benzene rings is 12. The molecule has 0 saturated heterocycles. The maximum Gasteiger partial charge on any atom is 0.0462 e. The van der Waals surface area contributed by atoms with Crippen LogP contribution in [0.2, 0.25) is 0 Å². The van der Waals surface area contributed by atoms with Crippen molar-refractivity contribution in [3.8, 4) is 33.4 Å². The average Bonchev–Trinajstić information content (AvgIpc) is 3.56. The van der Waals surface area contributed by atoms with Crippen LogP contribution in [0, 0.1) is 13.8 Å². The molecule has 0 spiro atoms. The SMILES string of the molecule is Cc1ccc(N(c2ccccc2)c2ccc(-c3ccc(C(c4ccccc4)c4ccc(-c5ccc(N(c6ccccc6)c6ccc(-c7ccc(N(c8ccccc8)c8ccc(C)cc8)cc7)cc6)cc5)cc4)cc3)cc2)cc1. The lowest BCUT2D eigenvalue weighted by Crippen LogP contribution is -2.10. The first-order valence-electron chi connectivity index (χ1n) is 26.8. The molecule has 0 fully saturated rings. The van der Waals surface area contributed by atoms with E-state index in [9.17, 15) is 0 Å². The molecule has 374 valence electrons. The van der Waals surface area contributed by atoms with Gasteiger partial charge in [-0.2, -0.15) is 0 Å². The Morgan fingerprint density at radius 2 is 0.359 bits per heavy atom. The first-order valence-corrected chi connectivity index (χ1v) is 26.8. The first kappa shape index (κ1) is 48.9. The molecule has 0 radical (unpaired) electrons. The van der Waals surface area contributed by atoms with Gasteiger partial charge >= 0.3 is 0 Å². The number of hydrogen-bond donors (Lipinski definition) is 0. The largest absolute Gasteiger partial charge is 0.311 e. The van der Waals surface area contributed by atoms with Crippen LogP contribution in [0.1, 0.15) is 33.7 Å². The van der Waals surface area contributed by atoms with Crippen molar-refractivity contribution in [2.24, 2.45) is 0 Å². The molecule has 0 aliphatic rings. The van der Waals surface area contributed by atoms with Gasteiger partial charge in [-0.1, -0.05) is 217 Å².